The van der Waals surface area contributed by atoms with E-state index in [4.69, 9.17) is 0 Å². The van der Waals surface area contributed by atoms with Crippen molar-refractivity contribution in [2.45, 2.75) is 138 Å². The fourth-order valence-electron chi connectivity index (χ4n) is 10.4. The molecule has 0 atom stereocenters. The van der Waals surface area contributed by atoms with Crippen molar-refractivity contribution >= 4 is 57.2 Å². The third-order valence-electron chi connectivity index (χ3n) is 13.9. The van der Waals surface area contributed by atoms with Crippen LogP contribution in [0.25, 0.3) is 11.1 Å². The van der Waals surface area contributed by atoms with Gasteiger partial charge in [0.2, 0.25) is 0 Å². The Morgan fingerprint density at radius 2 is 0.984 bits per heavy atom. The zero-order valence-corrected chi connectivity index (χ0v) is 39.8. The first-order valence-electron chi connectivity index (χ1n) is 22.8. The molecule has 312 valence electrons. The van der Waals surface area contributed by atoms with Crippen LogP contribution < -0.4 is 26.2 Å². The summed E-state index contributed by atoms with van der Waals surface area (Å²) in [4.78, 5) is 5.28. The molecule has 0 unspecified atom stereocenters. The van der Waals surface area contributed by atoms with Gasteiger partial charge in [0.25, 0.3) is 6.71 Å². The standard InChI is InChI=1S/C58H67BN2/c1-36-26-51-53-52(27-36)61(48-25-23-42(56(8,9)10)32-45(48)37-18-16-19-40(28-37)54(2,3)4)49-30-39-35-58(14,15)34-38(39)29-47(49)59(53)46-24-22-43(57(11,12)13)33-50(46)60(51)44-21-17-20-41(31-44)55(5,6)7/h16-33H,34-35H2,1-15H3. The normalized spacial score (nSPS) is 15.7. The quantitative estimate of drug-likeness (QED) is 0.164. The molecule has 2 aliphatic heterocycles. The van der Waals surface area contributed by atoms with Gasteiger partial charge >= 0.3 is 0 Å². The van der Waals surface area contributed by atoms with Gasteiger partial charge in [-0.3, -0.25) is 0 Å². The van der Waals surface area contributed by atoms with Crippen molar-refractivity contribution in [3.8, 4) is 11.1 Å². The van der Waals surface area contributed by atoms with E-state index in [1.54, 1.807) is 0 Å². The highest BCUT2D eigenvalue weighted by molar-refractivity contribution is 7.00. The summed E-state index contributed by atoms with van der Waals surface area (Å²) >= 11 is 0. The van der Waals surface area contributed by atoms with Crippen LogP contribution in [0.3, 0.4) is 0 Å². The topological polar surface area (TPSA) is 6.48 Å². The zero-order valence-electron chi connectivity index (χ0n) is 39.8. The number of hydrogen-bond donors (Lipinski definition) is 0. The molecule has 1 aliphatic carbocycles. The molecule has 0 aromatic heterocycles. The fraction of sp³-hybridized carbons (Fsp3) is 0.379. The van der Waals surface area contributed by atoms with Crippen LogP contribution in [0.15, 0.2) is 109 Å². The van der Waals surface area contributed by atoms with Crippen molar-refractivity contribution in [2.24, 2.45) is 5.41 Å². The van der Waals surface area contributed by atoms with Crippen LogP contribution in [0.4, 0.5) is 34.1 Å². The summed E-state index contributed by atoms with van der Waals surface area (Å²) in [6, 6.07) is 43.6. The van der Waals surface area contributed by atoms with E-state index >= 15 is 0 Å². The van der Waals surface area contributed by atoms with Gasteiger partial charge in [0.05, 0.1) is 5.69 Å². The number of aryl methyl sites for hydroxylation is 1. The average Bonchev–Trinajstić information content (AvgIpc) is 3.47. The minimum Gasteiger partial charge on any atom is -0.311 e. The first-order chi connectivity index (χ1) is 28.4. The molecule has 61 heavy (non-hydrogen) atoms. The van der Waals surface area contributed by atoms with Gasteiger partial charge in [0.1, 0.15) is 0 Å². The minimum absolute atomic E-state index is 0.000408. The second-order valence-corrected chi connectivity index (χ2v) is 23.7. The Kier molecular flexibility index (Phi) is 9.31. The van der Waals surface area contributed by atoms with Gasteiger partial charge in [0.15, 0.2) is 0 Å². The molecule has 0 fully saturated rings. The summed E-state index contributed by atoms with van der Waals surface area (Å²) in [5, 5.41) is 0. The van der Waals surface area contributed by atoms with Crippen LogP contribution in [-0.2, 0) is 34.5 Å². The number of hydrogen-bond acceptors (Lipinski definition) is 2. The predicted molar refractivity (Wildman–Crippen MR) is 267 cm³/mol. The largest absolute Gasteiger partial charge is 0.311 e. The van der Waals surface area contributed by atoms with Crippen LogP contribution in [0.2, 0.25) is 0 Å². The third-order valence-corrected chi connectivity index (χ3v) is 13.9. The summed E-state index contributed by atoms with van der Waals surface area (Å²) in [6.45, 7) is 35.3. The molecule has 0 saturated carbocycles. The first kappa shape index (κ1) is 41.3. The maximum Gasteiger partial charge on any atom is 0.252 e. The Bertz CT molecular complexity index is 2740. The molecule has 6 aromatic carbocycles. The Labute approximate surface area is 368 Å². The molecule has 9 rings (SSSR count). The van der Waals surface area contributed by atoms with E-state index in [9.17, 15) is 0 Å². The second-order valence-electron chi connectivity index (χ2n) is 23.7. The molecule has 0 amide bonds. The van der Waals surface area contributed by atoms with E-state index in [2.05, 4.69) is 223 Å². The van der Waals surface area contributed by atoms with E-state index < -0.39 is 0 Å². The van der Waals surface area contributed by atoms with E-state index in [-0.39, 0.29) is 33.8 Å². The SMILES string of the molecule is Cc1cc2c3c(c1)N(c1ccc(C(C)(C)C)cc1-c1cccc(C(C)(C)C)c1)c1cc4c(cc1B3c1ccc(C(C)(C)C)cc1N2c1cccc(C(C)(C)C)c1)CC(C)(C)C4. The molecule has 2 nitrogen and oxygen atoms in total. The minimum atomic E-state index is -0.00750. The predicted octanol–water partition coefficient (Wildman–Crippen LogP) is 14.1. The molecule has 0 radical (unpaired) electrons. The van der Waals surface area contributed by atoms with Gasteiger partial charge < -0.3 is 9.80 Å². The molecule has 3 aliphatic rings. The summed E-state index contributed by atoms with van der Waals surface area (Å²) in [7, 11) is 0. The van der Waals surface area contributed by atoms with Crippen molar-refractivity contribution < 1.29 is 0 Å². The lowest BCUT2D eigenvalue weighted by Crippen LogP contribution is -2.61. The van der Waals surface area contributed by atoms with E-state index in [0.717, 1.165) is 12.8 Å². The van der Waals surface area contributed by atoms with Gasteiger partial charge in [-0.2, -0.15) is 0 Å². The second kappa shape index (κ2) is 13.7. The number of anilines is 6. The Morgan fingerprint density at radius 3 is 1.62 bits per heavy atom. The Balaban J connectivity index is 1.40. The van der Waals surface area contributed by atoms with Crippen molar-refractivity contribution in [2.75, 3.05) is 9.80 Å². The molecular formula is C58H67BN2. The number of benzene rings is 6. The maximum absolute atomic E-state index is 2.67. The van der Waals surface area contributed by atoms with Crippen LogP contribution in [0.1, 0.15) is 136 Å². The highest BCUT2D eigenvalue weighted by Crippen LogP contribution is 2.50. The van der Waals surface area contributed by atoms with Crippen LogP contribution in [0.5, 0.6) is 0 Å². The van der Waals surface area contributed by atoms with Crippen molar-refractivity contribution in [1.29, 1.82) is 0 Å². The van der Waals surface area contributed by atoms with Crippen molar-refractivity contribution in [1.82, 2.24) is 0 Å². The van der Waals surface area contributed by atoms with E-state index in [1.165, 1.54) is 101 Å². The van der Waals surface area contributed by atoms with Crippen LogP contribution in [-0.4, -0.2) is 6.71 Å². The smallest absolute Gasteiger partial charge is 0.252 e. The Hall–Kier alpha value is -5.02. The van der Waals surface area contributed by atoms with Crippen molar-refractivity contribution in [3.63, 3.8) is 0 Å². The summed E-state index contributed by atoms with van der Waals surface area (Å²) in [5.74, 6) is 0. The Morgan fingerprint density at radius 1 is 0.459 bits per heavy atom. The molecule has 0 spiro atoms. The lowest BCUT2D eigenvalue weighted by atomic mass is 9.33. The van der Waals surface area contributed by atoms with Gasteiger partial charge in [-0.25, -0.2) is 0 Å². The third kappa shape index (κ3) is 7.15. The average molecular weight is 803 g/mol. The summed E-state index contributed by atoms with van der Waals surface area (Å²) in [6.07, 6.45) is 2.19. The molecule has 6 aromatic rings. The summed E-state index contributed by atoms with van der Waals surface area (Å²) in [5.41, 5.74) is 24.3. The highest BCUT2D eigenvalue weighted by atomic mass is 15.2. The molecule has 0 saturated heterocycles. The van der Waals surface area contributed by atoms with Gasteiger partial charge in [0, 0.05) is 34.0 Å². The lowest BCUT2D eigenvalue weighted by Gasteiger charge is -2.45. The molecule has 0 bridgehead atoms. The lowest BCUT2D eigenvalue weighted by molar-refractivity contribution is 0.392. The number of nitrogens with zero attached hydrogens (tertiary/aromatic N) is 2. The molecular weight excluding hydrogens is 735 g/mol. The molecule has 3 heteroatoms. The monoisotopic (exact) mass is 803 g/mol. The van der Waals surface area contributed by atoms with Crippen LogP contribution >= 0.6 is 0 Å². The van der Waals surface area contributed by atoms with E-state index in [0.29, 0.717) is 0 Å². The highest BCUT2D eigenvalue weighted by Gasteiger charge is 2.45. The van der Waals surface area contributed by atoms with Crippen LogP contribution in [0, 0.1) is 12.3 Å². The van der Waals surface area contributed by atoms with Gasteiger partial charge in [-0.15, -0.1) is 0 Å². The van der Waals surface area contributed by atoms with E-state index in [1.807, 2.05) is 0 Å². The van der Waals surface area contributed by atoms with Gasteiger partial charge in [-0.05, 0) is 156 Å². The number of fused-ring (bicyclic) bond motifs is 5. The van der Waals surface area contributed by atoms with Gasteiger partial charge in [-0.1, -0.05) is 158 Å². The summed E-state index contributed by atoms with van der Waals surface area (Å²) < 4.78 is 0. The molecule has 0 N–H and O–H groups in total. The fourth-order valence-corrected chi connectivity index (χ4v) is 10.4. The maximum atomic E-state index is 2.67. The zero-order chi connectivity index (χ0) is 43.8. The van der Waals surface area contributed by atoms with Crippen molar-refractivity contribution in [3.05, 3.63) is 148 Å². The number of rotatable bonds is 3. The first-order valence-corrected chi connectivity index (χ1v) is 22.8. The molecule has 2 heterocycles.